The van der Waals surface area contributed by atoms with Crippen molar-refractivity contribution < 1.29 is 9.53 Å². The van der Waals surface area contributed by atoms with Crippen LogP contribution in [0.2, 0.25) is 0 Å². The zero-order chi connectivity index (χ0) is 16.2. The Morgan fingerprint density at radius 3 is 2.50 bits per heavy atom. The molecule has 1 unspecified atom stereocenters. The number of aryl methyl sites for hydroxylation is 1. The first-order valence-electron chi connectivity index (χ1n) is 8.16. The van der Waals surface area contributed by atoms with E-state index in [0.717, 1.165) is 37.8 Å². The number of carbonyl (C=O) groups is 1. The summed E-state index contributed by atoms with van der Waals surface area (Å²) >= 11 is 0. The van der Waals surface area contributed by atoms with Crippen LogP contribution in [0.4, 0.5) is 0 Å². The fourth-order valence-corrected chi connectivity index (χ4v) is 4.14. The zero-order valence-electron chi connectivity index (χ0n) is 14.1. The summed E-state index contributed by atoms with van der Waals surface area (Å²) in [5.41, 5.74) is 6.80. The second-order valence-corrected chi connectivity index (χ2v) is 8.15. The average Bonchev–Trinajstić information content (AvgIpc) is 2.83. The standard InChI is InChI=1S/C17H27N3O2/c1-15(2,3)22-14(21)16-6-8-17(18,9-7-16)12(11-16)13-5-10-19-20(13)4/h5,10,12H,6-9,11,18H2,1-4H3. The highest BCUT2D eigenvalue weighted by molar-refractivity contribution is 5.78. The number of ether oxygens (including phenoxy) is 1. The molecule has 1 aromatic rings. The van der Waals surface area contributed by atoms with Gasteiger partial charge in [0.25, 0.3) is 0 Å². The van der Waals surface area contributed by atoms with Crippen molar-refractivity contribution in [2.24, 2.45) is 18.2 Å². The molecule has 0 aliphatic heterocycles. The van der Waals surface area contributed by atoms with Gasteiger partial charge in [0.15, 0.2) is 0 Å². The van der Waals surface area contributed by atoms with Crippen molar-refractivity contribution in [3.05, 3.63) is 18.0 Å². The highest BCUT2D eigenvalue weighted by atomic mass is 16.6. The first kappa shape index (κ1) is 15.5. The fraction of sp³-hybridized carbons (Fsp3) is 0.765. The summed E-state index contributed by atoms with van der Waals surface area (Å²) in [6.07, 6.45) is 6.02. The Bertz CT molecular complexity index is 577. The smallest absolute Gasteiger partial charge is 0.312 e. The van der Waals surface area contributed by atoms with Crippen molar-refractivity contribution in [1.29, 1.82) is 0 Å². The normalized spacial score (nSPS) is 34.7. The lowest BCUT2D eigenvalue weighted by molar-refractivity contribution is -0.176. The summed E-state index contributed by atoms with van der Waals surface area (Å²) < 4.78 is 7.61. The number of fused-ring (bicyclic) bond motifs is 3. The molecule has 3 aliphatic carbocycles. The van der Waals surface area contributed by atoms with E-state index in [2.05, 4.69) is 5.10 Å². The van der Waals surface area contributed by atoms with E-state index in [1.807, 2.05) is 38.6 Å². The quantitative estimate of drug-likeness (QED) is 0.852. The molecule has 1 heterocycles. The molecule has 122 valence electrons. The predicted molar refractivity (Wildman–Crippen MR) is 84.2 cm³/mol. The van der Waals surface area contributed by atoms with Crippen LogP contribution in [0.3, 0.4) is 0 Å². The highest BCUT2D eigenvalue weighted by Gasteiger charge is 2.58. The second kappa shape index (κ2) is 4.82. The van der Waals surface area contributed by atoms with Gasteiger partial charge in [-0.2, -0.15) is 5.10 Å². The number of hydrogen-bond donors (Lipinski definition) is 1. The molecule has 0 saturated heterocycles. The van der Waals surface area contributed by atoms with Crippen LogP contribution in [0.25, 0.3) is 0 Å². The van der Waals surface area contributed by atoms with Gasteiger partial charge in [-0.25, -0.2) is 0 Å². The van der Waals surface area contributed by atoms with Gasteiger partial charge < -0.3 is 10.5 Å². The third kappa shape index (κ3) is 2.45. The molecule has 4 rings (SSSR count). The molecule has 3 fully saturated rings. The number of nitrogens with zero attached hydrogens (tertiary/aromatic N) is 2. The predicted octanol–water partition coefficient (Wildman–Crippen LogP) is 2.51. The minimum Gasteiger partial charge on any atom is -0.460 e. The fourth-order valence-electron chi connectivity index (χ4n) is 4.14. The monoisotopic (exact) mass is 305 g/mol. The molecule has 0 radical (unpaired) electrons. The Kier molecular flexibility index (Phi) is 3.40. The van der Waals surface area contributed by atoms with Crippen LogP contribution >= 0.6 is 0 Å². The third-order valence-electron chi connectivity index (χ3n) is 5.47. The van der Waals surface area contributed by atoms with E-state index in [1.54, 1.807) is 6.20 Å². The summed E-state index contributed by atoms with van der Waals surface area (Å²) in [7, 11) is 1.95. The Balaban J connectivity index is 1.90. The molecule has 0 spiro atoms. The molecule has 5 heteroatoms. The number of aromatic nitrogens is 2. The van der Waals surface area contributed by atoms with E-state index < -0.39 is 5.60 Å². The van der Waals surface area contributed by atoms with Crippen molar-refractivity contribution in [2.75, 3.05) is 0 Å². The molecular formula is C17H27N3O2. The Morgan fingerprint density at radius 1 is 1.36 bits per heavy atom. The van der Waals surface area contributed by atoms with Crippen LogP contribution in [0, 0.1) is 5.41 Å². The lowest BCUT2D eigenvalue weighted by Crippen LogP contribution is -2.59. The minimum atomic E-state index is -0.442. The number of esters is 1. The Morgan fingerprint density at radius 2 is 2.00 bits per heavy atom. The van der Waals surface area contributed by atoms with Crippen molar-refractivity contribution in [3.8, 4) is 0 Å². The summed E-state index contributed by atoms with van der Waals surface area (Å²) in [6.45, 7) is 5.79. The van der Waals surface area contributed by atoms with Gasteiger partial charge in [0.2, 0.25) is 0 Å². The van der Waals surface area contributed by atoms with Crippen molar-refractivity contribution in [2.45, 2.75) is 69.9 Å². The molecule has 0 amide bonds. The third-order valence-corrected chi connectivity index (χ3v) is 5.47. The van der Waals surface area contributed by atoms with E-state index in [9.17, 15) is 4.79 Å². The molecule has 2 N–H and O–H groups in total. The molecule has 0 aromatic carbocycles. The summed E-state index contributed by atoms with van der Waals surface area (Å²) in [5, 5.41) is 4.28. The van der Waals surface area contributed by atoms with E-state index in [0.29, 0.717) is 0 Å². The molecule has 3 aliphatic rings. The van der Waals surface area contributed by atoms with Crippen LogP contribution in [-0.2, 0) is 16.6 Å². The van der Waals surface area contributed by atoms with Gasteiger partial charge in [-0.15, -0.1) is 0 Å². The maximum Gasteiger partial charge on any atom is 0.312 e. The van der Waals surface area contributed by atoms with Crippen LogP contribution in [0.1, 0.15) is 64.5 Å². The number of nitrogens with two attached hydrogens (primary N) is 1. The lowest BCUT2D eigenvalue weighted by atomic mass is 9.52. The van der Waals surface area contributed by atoms with Gasteiger partial charge >= 0.3 is 5.97 Å². The zero-order valence-corrected chi connectivity index (χ0v) is 14.1. The van der Waals surface area contributed by atoms with Crippen molar-refractivity contribution >= 4 is 5.97 Å². The Hall–Kier alpha value is -1.36. The minimum absolute atomic E-state index is 0.0473. The summed E-state index contributed by atoms with van der Waals surface area (Å²) in [6, 6.07) is 2.03. The maximum atomic E-state index is 12.8. The van der Waals surface area contributed by atoms with Gasteiger partial charge in [-0.1, -0.05) is 0 Å². The maximum absolute atomic E-state index is 12.8. The van der Waals surface area contributed by atoms with E-state index in [1.165, 1.54) is 0 Å². The van der Waals surface area contributed by atoms with Gasteiger partial charge in [-0.05, 0) is 58.9 Å². The molecule has 5 nitrogen and oxygen atoms in total. The molecule has 1 atom stereocenters. The largest absolute Gasteiger partial charge is 0.460 e. The van der Waals surface area contributed by atoms with Crippen LogP contribution < -0.4 is 5.73 Å². The van der Waals surface area contributed by atoms with Crippen molar-refractivity contribution in [3.63, 3.8) is 0 Å². The molecule has 3 saturated carbocycles. The molecular weight excluding hydrogens is 278 g/mol. The lowest BCUT2D eigenvalue weighted by Gasteiger charge is -2.55. The van der Waals surface area contributed by atoms with Crippen LogP contribution in [0.5, 0.6) is 0 Å². The SMILES string of the molecule is Cn1nccc1C1CC2(C(=O)OC(C)(C)C)CCC1(N)CC2. The molecule has 22 heavy (non-hydrogen) atoms. The number of hydrogen-bond acceptors (Lipinski definition) is 4. The summed E-state index contributed by atoms with van der Waals surface area (Å²) in [4.78, 5) is 12.8. The Labute approximate surface area is 132 Å². The van der Waals surface area contributed by atoms with E-state index in [-0.39, 0.29) is 22.8 Å². The first-order valence-corrected chi connectivity index (χ1v) is 8.16. The van der Waals surface area contributed by atoms with Crippen molar-refractivity contribution in [1.82, 2.24) is 9.78 Å². The van der Waals surface area contributed by atoms with E-state index >= 15 is 0 Å². The van der Waals surface area contributed by atoms with Gasteiger partial charge in [-0.3, -0.25) is 9.48 Å². The topological polar surface area (TPSA) is 70.1 Å². The number of carbonyl (C=O) groups excluding carboxylic acids is 1. The molecule has 2 bridgehead atoms. The van der Waals surface area contributed by atoms with Gasteiger partial charge in [0.1, 0.15) is 5.60 Å². The second-order valence-electron chi connectivity index (χ2n) is 8.15. The summed E-state index contributed by atoms with van der Waals surface area (Å²) in [5.74, 6) is 0.129. The average molecular weight is 305 g/mol. The van der Waals surface area contributed by atoms with Gasteiger partial charge in [0, 0.05) is 30.4 Å². The van der Waals surface area contributed by atoms with Gasteiger partial charge in [0.05, 0.1) is 5.41 Å². The van der Waals surface area contributed by atoms with Crippen LogP contribution in [-0.4, -0.2) is 26.9 Å². The highest BCUT2D eigenvalue weighted by Crippen LogP contribution is 2.58. The van der Waals surface area contributed by atoms with Crippen LogP contribution in [0.15, 0.2) is 12.3 Å². The van der Waals surface area contributed by atoms with E-state index in [4.69, 9.17) is 10.5 Å². The first-order chi connectivity index (χ1) is 10.2. The molecule has 1 aromatic heterocycles. The number of rotatable bonds is 2.